The predicted octanol–water partition coefficient (Wildman–Crippen LogP) is 3.74. The number of para-hydroxylation sites is 2. The van der Waals surface area contributed by atoms with Crippen LogP contribution >= 0.6 is 0 Å². The molecule has 0 saturated carbocycles. The summed E-state index contributed by atoms with van der Waals surface area (Å²) in [7, 11) is 0. The Hall–Kier alpha value is -2.93. The van der Waals surface area contributed by atoms with Gasteiger partial charge in [0, 0.05) is 5.39 Å². The highest BCUT2D eigenvalue weighted by molar-refractivity contribution is 5.89. The van der Waals surface area contributed by atoms with Crippen LogP contribution in [-0.2, 0) is 5.60 Å². The summed E-state index contributed by atoms with van der Waals surface area (Å²) >= 11 is 0. The van der Waals surface area contributed by atoms with Crippen LogP contribution in [0.2, 0.25) is 0 Å². The predicted molar refractivity (Wildman–Crippen MR) is 89.2 cm³/mol. The van der Waals surface area contributed by atoms with Gasteiger partial charge in [-0.25, -0.2) is 13.6 Å². The van der Waals surface area contributed by atoms with Gasteiger partial charge in [-0.3, -0.25) is 0 Å². The number of carbonyl (C=O) groups excluding carboxylic acids is 1. The highest BCUT2D eigenvalue weighted by Crippen LogP contribution is 2.27. The van der Waals surface area contributed by atoms with Crippen molar-refractivity contribution in [2.45, 2.75) is 12.5 Å². The van der Waals surface area contributed by atoms with E-state index < -0.39 is 29.0 Å². The van der Waals surface area contributed by atoms with Crippen LogP contribution in [0.4, 0.5) is 19.3 Å². The number of furan rings is 1. The summed E-state index contributed by atoms with van der Waals surface area (Å²) in [6.07, 6.45) is 0. The van der Waals surface area contributed by atoms with E-state index in [2.05, 4.69) is 10.6 Å². The Balaban J connectivity index is 1.68. The molecule has 5 nitrogen and oxygen atoms in total. The quantitative estimate of drug-likeness (QED) is 0.674. The number of nitrogens with one attached hydrogen (secondary N) is 2. The molecule has 1 aromatic heterocycles. The first-order chi connectivity index (χ1) is 11.9. The number of fused-ring (bicyclic) bond motifs is 1. The number of rotatable bonds is 4. The fraction of sp³-hybridized carbons (Fsp3) is 0.167. The number of halogens is 2. The lowest BCUT2D eigenvalue weighted by atomic mass is 10.0. The highest BCUT2D eigenvalue weighted by Gasteiger charge is 2.28. The summed E-state index contributed by atoms with van der Waals surface area (Å²) in [5.41, 5.74) is -1.44. The Morgan fingerprint density at radius 1 is 1.16 bits per heavy atom. The molecule has 0 aliphatic rings. The van der Waals surface area contributed by atoms with E-state index >= 15 is 0 Å². The Kier molecular flexibility index (Phi) is 4.41. The van der Waals surface area contributed by atoms with E-state index in [0.29, 0.717) is 5.58 Å². The maximum atomic E-state index is 13.5. The summed E-state index contributed by atoms with van der Waals surface area (Å²) in [5.74, 6) is -1.51. The largest absolute Gasteiger partial charge is 0.458 e. The molecule has 7 heteroatoms. The first-order valence-corrected chi connectivity index (χ1v) is 7.57. The first-order valence-electron chi connectivity index (χ1n) is 7.57. The zero-order chi connectivity index (χ0) is 18.0. The number of amides is 2. The molecule has 25 heavy (non-hydrogen) atoms. The number of hydrogen-bond donors (Lipinski definition) is 3. The molecule has 0 aliphatic carbocycles. The molecular formula is C18H16F2N2O3. The van der Waals surface area contributed by atoms with Crippen LogP contribution in [0.3, 0.4) is 0 Å². The summed E-state index contributed by atoms with van der Waals surface area (Å²) in [4.78, 5) is 11.9. The molecule has 1 unspecified atom stereocenters. The third-order valence-electron chi connectivity index (χ3n) is 3.75. The van der Waals surface area contributed by atoms with Crippen LogP contribution in [0, 0.1) is 11.6 Å². The number of anilines is 1. The summed E-state index contributed by atoms with van der Waals surface area (Å²) in [5, 5.41) is 15.8. The van der Waals surface area contributed by atoms with E-state index in [-0.39, 0.29) is 12.3 Å². The fourth-order valence-electron chi connectivity index (χ4n) is 2.36. The average Bonchev–Trinajstić information content (AvgIpc) is 3.02. The number of urea groups is 1. The monoisotopic (exact) mass is 346 g/mol. The normalized spacial score (nSPS) is 13.4. The van der Waals surface area contributed by atoms with E-state index in [0.717, 1.165) is 17.5 Å². The molecule has 3 rings (SSSR count). The minimum absolute atomic E-state index is 0.214. The molecule has 0 saturated heterocycles. The van der Waals surface area contributed by atoms with E-state index in [1.165, 1.54) is 13.0 Å². The molecular weight excluding hydrogens is 330 g/mol. The topological polar surface area (TPSA) is 74.5 Å². The van der Waals surface area contributed by atoms with Crippen molar-refractivity contribution in [2.75, 3.05) is 11.9 Å². The van der Waals surface area contributed by atoms with Crippen molar-refractivity contribution >= 4 is 22.7 Å². The lowest BCUT2D eigenvalue weighted by molar-refractivity contribution is 0.0388. The van der Waals surface area contributed by atoms with Crippen molar-refractivity contribution in [3.05, 3.63) is 65.9 Å². The van der Waals surface area contributed by atoms with Crippen molar-refractivity contribution in [3.63, 3.8) is 0 Å². The number of benzene rings is 2. The van der Waals surface area contributed by atoms with Gasteiger partial charge in [0.1, 0.15) is 34.3 Å². The third kappa shape index (κ3) is 3.61. The van der Waals surface area contributed by atoms with E-state index in [9.17, 15) is 18.7 Å². The molecule has 3 N–H and O–H groups in total. The second-order valence-corrected chi connectivity index (χ2v) is 5.83. The zero-order valence-corrected chi connectivity index (χ0v) is 13.3. The Bertz CT molecular complexity index is 868. The van der Waals surface area contributed by atoms with E-state index in [4.69, 9.17) is 4.42 Å². The molecule has 0 fully saturated rings. The van der Waals surface area contributed by atoms with Gasteiger partial charge in [0.05, 0.1) is 6.54 Å². The van der Waals surface area contributed by atoms with Crippen LogP contribution in [-0.4, -0.2) is 17.7 Å². The van der Waals surface area contributed by atoms with E-state index in [1.54, 1.807) is 18.2 Å². The molecule has 0 aliphatic heterocycles. The van der Waals surface area contributed by atoms with Crippen LogP contribution in [0.15, 0.2) is 52.9 Å². The number of aliphatic hydroxyl groups is 1. The van der Waals surface area contributed by atoms with Gasteiger partial charge >= 0.3 is 6.03 Å². The Morgan fingerprint density at radius 3 is 2.52 bits per heavy atom. The molecule has 0 bridgehead atoms. The van der Waals surface area contributed by atoms with Crippen LogP contribution in [0.1, 0.15) is 12.7 Å². The van der Waals surface area contributed by atoms with Gasteiger partial charge in [0.25, 0.3) is 0 Å². The van der Waals surface area contributed by atoms with Gasteiger partial charge in [-0.1, -0.05) is 24.3 Å². The zero-order valence-electron chi connectivity index (χ0n) is 13.3. The van der Waals surface area contributed by atoms with Gasteiger partial charge in [-0.15, -0.1) is 0 Å². The maximum absolute atomic E-state index is 13.5. The van der Waals surface area contributed by atoms with Crippen LogP contribution < -0.4 is 10.6 Å². The molecule has 1 atom stereocenters. The first kappa shape index (κ1) is 16.9. The average molecular weight is 346 g/mol. The lowest BCUT2D eigenvalue weighted by Gasteiger charge is -2.21. The summed E-state index contributed by atoms with van der Waals surface area (Å²) in [6.45, 7) is 1.25. The van der Waals surface area contributed by atoms with Crippen molar-refractivity contribution in [3.8, 4) is 0 Å². The second-order valence-electron chi connectivity index (χ2n) is 5.83. The van der Waals surface area contributed by atoms with Crippen LogP contribution in [0.25, 0.3) is 11.0 Å². The fourth-order valence-corrected chi connectivity index (χ4v) is 2.36. The van der Waals surface area contributed by atoms with Crippen molar-refractivity contribution in [1.82, 2.24) is 5.32 Å². The second kappa shape index (κ2) is 6.52. The van der Waals surface area contributed by atoms with Gasteiger partial charge in [-0.2, -0.15) is 0 Å². The number of hydrogen-bond acceptors (Lipinski definition) is 3. The van der Waals surface area contributed by atoms with Gasteiger partial charge in [0.2, 0.25) is 0 Å². The van der Waals surface area contributed by atoms with Gasteiger partial charge in [-0.05, 0) is 31.2 Å². The van der Waals surface area contributed by atoms with Crippen molar-refractivity contribution in [1.29, 1.82) is 0 Å². The van der Waals surface area contributed by atoms with Gasteiger partial charge in [0.15, 0.2) is 0 Å². The van der Waals surface area contributed by atoms with Crippen molar-refractivity contribution in [2.24, 2.45) is 0 Å². The lowest BCUT2D eigenvalue weighted by Crippen LogP contribution is -2.40. The minimum atomic E-state index is -1.50. The maximum Gasteiger partial charge on any atom is 0.319 e. The summed E-state index contributed by atoms with van der Waals surface area (Å²) < 4.78 is 32.6. The van der Waals surface area contributed by atoms with Crippen LogP contribution in [0.5, 0.6) is 0 Å². The Morgan fingerprint density at radius 2 is 1.84 bits per heavy atom. The smallest absolute Gasteiger partial charge is 0.319 e. The standard InChI is InChI=1S/C18H16F2N2O3/c1-18(24,15-9-11-5-2-3-8-14(11)25-15)10-21-17(23)22-16-12(19)6-4-7-13(16)20/h2-9,24H,10H2,1H3,(H2,21,22,23). The molecule has 1 heterocycles. The highest BCUT2D eigenvalue weighted by atomic mass is 19.1. The molecule has 2 amide bonds. The third-order valence-corrected chi connectivity index (χ3v) is 3.75. The number of carbonyl (C=O) groups is 1. The SMILES string of the molecule is CC(O)(CNC(=O)Nc1c(F)cccc1F)c1cc2ccccc2o1. The molecule has 2 aromatic carbocycles. The van der Waals surface area contributed by atoms with Crippen molar-refractivity contribution < 1.29 is 23.1 Å². The molecule has 0 radical (unpaired) electrons. The molecule has 3 aromatic rings. The van der Waals surface area contributed by atoms with Gasteiger partial charge < -0.3 is 20.2 Å². The molecule has 130 valence electrons. The minimum Gasteiger partial charge on any atom is -0.458 e. The summed E-state index contributed by atoms with van der Waals surface area (Å²) in [6, 6.07) is 11.3. The molecule has 0 spiro atoms. The Labute approximate surface area is 142 Å². The van der Waals surface area contributed by atoms with E-state index in [1.807, 2.05) is 12.1 Å².